The van der Waals surface area contributed by atoms with E-state index < -0.39 is 6.10 Å². The Morgan fingerprint density at radius 1 is 1.10 bits per heavy atom. The first kappa shape index (κ1) is 22.0. The molecular weight excluding hydrogens is 434 g/mol. The lowest BCUT2D eigenvalue weighted by molar-refractivity contribution is 0.126. The van der Waals surface area contributed by atoms with Crippen molar-refractivity contribution in [1.82, 2.24) is 14.8 Å². The SMILES string of the molecule is COc1ccc(OC[C@H](O)CSc2nnc(-c3ccccc3Cl)n2C2CCCC2)cc1. The normalized spacial score (nSPS) is 15.2. The lowest BCUT2D eigenvalue weighted by Gasteiger charge is -2.18. The van der Waals surface area contributed by atoms with E-state index in [0.717, 1.165) is 35.1 Å². The molecule has 0 bridgehead atoms. The van der Waals surface area contributed by atoms with Crippen molar-refractivity contribution in [1.29, 1.82) is 0 Å². The number of aliphatic hydroxyl groups is 1. The van der Waals surface area contributed by atoms with Gasteiger partial charge in [0.2, 0.25) is 0 Å². The van der Waals surface area contributed by atoms with E-state index in [1.807, 2.05) is 48.5 Å². The monoisotopic (exact) mass is 459 g/mol. The second kappa shape index (κ2) is 10.4. The van der Waals surface area contributed by atoms with Crippen molar-refractivity contribution in [3.05, 3.63) is 53.6 Å². The molecule has 164 valence electrons. The van der Waals surface area contributed by atoms with Gasteiger partial charge in [-0.05, 0) is 49.2 Å². The van der Waals surface area contributed by atoms with E-state index in [-0.39, 0.29) is 6.61 Å². The standard InChI is InChI=1S/C23H26ClN3O3S/c1-29-18-10-12-19(13-11-18)30-14-17(28)15-31-23-26-25-22(20-8-4-5-9-21(20)24)27(23)16-6-2-3-7-16/h4-5,8-13,16-17,28H,2-3,6-7,14-15H2,1H3/t17-/m0/s1. The number of halogens is 1. The molecule has 1 atom stereocenters. The largest absolute Gasteiger partial charge is 0.497 e. The average Bonchev–Trinajstić information content (AvgIpc) is 3.46. The van der Waals surface area contributed by atoms with E-state index in [4.69, 9.17) is 21.1 Å². The summed E-state index contributed by atoms with van der Waals surface area (Å²) in [6, 6.07) is 15.4. The minimum atomic E-state index is -0.635. The zero-order valence-corrected chi connectivity index (χ0v) is 19.0. The van der Waals surface area contributed by atoms with Gasteiger partial charge in [0.05, 0.1) is 18.2 Å². The van der Waals surface area contributed by atoms with Crippen LogP contribution in [0.15, 0.2) is 53.7 Å². The summed E-state index contributed by atoms with van der Waals surface area (Å²) in [5.74, 6) is 2.72. The smallest absolute Gasteiger partial charge is 0.191 e. The number of methoxy groups -OCH3 is 1. The quantitative estimate of drug-likeness (QED) is 0.440. The maximum atomic E-state index is 10.4. The molecule has 4 rings (SSSR count). The highest BCUT2D eigenvalue weighted by Crippen LogP contribution is 2.38. The highest BCUT2D eigenvalue weighted by Gasteiger charge is 2.26. The van der Waals surface area contributed by atoms with E-state index in [0.29, 0.717) is 22.6 Å². The highest BCUT2D eigenvalue weighted by molar-refractivity contribution is 7.99. The number of nitrogens with zero attached hydrogens (tertiary/aromatic N) is 3. The van der Waals surface area contributed by atoms with Gasteiger partial charge in [-0.1, -0.05) is 48.3 Å². The molecule has 1 saturated carbocycles. The maximum absolute atomic E-state index is 10.4. The number of hydrogen-bond acceptors (Lipinski definition) is 6. The summed E-state index contributed by atoms with van der Waals surface area (Å²) in [5, 5.41) is 20.8. The van der Waals surface area contributed by atoms with E-state index in [1.54, 1.807) is 7.11 Å². The molecule has 1 N–H and O–H groups in total. The van der Waals surface area contributed by atoms with Crippen molar-refractivity contribution in [2.24, 2.45) is 0 Å². The molecule has 0 radical (unpaired) electrons. The molecule has 1 fully saturated rings. The van der Waals surface area contributed by atoms with Crippen LogP contribution in [0.1, 0.15) is 31.7 Å². The molecule has 1 aromatic heterocycles. The van der Waals surface area contributed by atoms with Crippen molar-refractivity contribution < 1.29 is 14.6 Å². The lowest BCUT2D eigenvalue weighted by atomic mass is 10.2. The Kier molecular flexibility index (Phi) is 7.37. The van der Waals surface area contributed by atoms with E-state index in [1.165, 1.54) is 24.6 Å². The zero-order valence-electron chi connectivity index (χ0n) is 17.4. The summed E-state index contributed by atoms with van der Waals surface area (Å²) >= 11 is 7.94. The molecule has 1 aliphatic carbocycles. The molecule has 31 heavy (non-hydrogen) atoms. The minimum Gasteiger partial charge on any atom is -0.497 e. The van der Waals surface area contributed by atoms with Crippen LogP contribution < -0.4 is 9.47 Å². The minimum absolute atomic E-state index is 0.203. The Balaban J connectivity index is 1.43. The summed E-state index contributed by atoms with van der Waals surface area (Å²) in [4.78, 5) is 0. The first-order chi connectivity index (χ1) is 15.2. The van der Waals surface area contributed by atoms with Gasteiger partial charge in [0.15, 0.2) is 11.0 Å². The second-order valence-corrected chi connectivity index (χ2v) is 8.94. The summed E-state index contributed by atoms with van der Waals surface area (Å²) in [7, 11) is 1.62. The van der Waals surface area contributed by atoms with Gasteiger partial charge in [-0.25, -0.2) is 0 Å². The third-order valence-corrected chi connectivity index (χ3v) is 6.79. The topological polar surface area (TPSA) is 69.4 Å². The maximum Gasteiger partial charge on any atom is 0.191 e. The third-order valence-electron chi connectivity index (χ3n) is 5.38. The molecular formula is C23H26ClN3O3S. The Labute approximate surface area is 191 Å². The zero-order chi connectivity index (χ0) is 21.6. The fourth-order valence-corrected chi connectivity index (χ4v) is 4.91. The number of thioether (sulfide) groups is 1. The molecule has 0 spiro atoms. The van der Waals surface area contributed by atoms with Crippen LogP contribution in [0, 0.1) is 0 Å². The van der Waals surface area contributed by atoms with Crippen molar-refractivity contribution >= 4 is 23.4 Å². The summed E-state index contributed by atoms with van der Waals surface area (Å²) in [5.41, 5.74) is 0.888. The van der Waals surface area contributed by atoms with Crippen LogP contribution >= 0.6 is 23.4 Å². The van der Waals surface area contributed by atoms with Crippen LogP contribution in [0.2, 0.25) is 5.02 Å². The third kappa shape index (κ3) is 5.34. The van der Waals surface area contributed by atoms with E-state index >= 15 is 0 Å². The number of rotatable bonds is 9. The van der Waals surface area contributed by atoms with Crippen molar-refractivity contribution in [2.45, 2.75) is 43.0 Å². The second-order valence-electron chi connectivity index (χ2n) is 7.55. The number of benzene rings is 2. The molecule has 0 unspecified atom stereocenters. The Morgan fingerprint density at radius 2 is 1.81 bits per heavy atom. The van der Waals surface area contributed by atoms with Gasteiger partial charge >= 0.3 is 0 Å². The van der Waals surface area contributed by atoms with Crippen LogP contribution in [-0.4, -0.2) is 45.4 Å². The van der Waals surface area contributed by atoms with E-state index in [9.17, 15) is 5.11 Å². The Bertz CT molecular complexity index is 990. The molecule has 0 aliphatic heterocycles. The van der Waals surface area contributed by atoms with Crippen LogP contribution in [0.25, 0.3) is 11.4 Å². The van der Waals surface area contributed by atoms with Crippen LogP contribution in [0.4, 0.5) is 0 Å². The molecule has 0 amide bonds. The number of hydrogen-bond donors (Lipinski definition) is 1. The lowest BCUT2D eigenvalue weighted by Crippen LogP contribution is -2.20. The van der Waals surface area contributed by atoms with Crippen LogP contribution in [0.3, 0.4) is 0 Å². The molecule has 6 nitrogen and oxygen atoms in total. The summed E-state index contributed by atoms with van der Waals surface area (Å²) in [6.45, 7) is 0.203. The van der Waals surface area contributed by atoms with Gasteiger partial charge in [0, 0.05) is 17.4 Å². The molecule has 1 heterocycles. The van der Waals surface area contributed by atoms with Gasteiger partial charge in [-0.2, -0.15) is 0 Å². The highest BCUT2D eigenvalue weighted by atomic mass is 35.5. The molecule has 0 saturated heterocycles. The summed E-state index contributed by atoms with van der Waals surface area (Å²) < 4.78 is 13.0. The van der Waals surface area contributed by atoms with Gasteiger partial charge in [0.1, 0.15) is 18.1 Å². The van der Waals surface area contributed by atoms with Gasteiger partial charge < -0.3 is 14.6 Å². The summed E-state index contributed by atoms with van der Waals surface area (Å²) in [6.07, 6.45) is 3.98. The van der Waals surface area contributed by atoms with Gasteiger partial charge in [-0.15, -0.1) is 10.2 Å². The Hall–Kier alpha value is -2.22. The first-order valence-electron chi connectivity index (χ1n) is 10.4. The van der Waals surface area contributed by atoms with Gasteiger partial charge in [0.25, 0.3) is 0 Å². The van der Waals surface area contributed by atoms with Crippen molar-refractivity contribution in [3.8, 4) is 22.9 Å². The fourth-order valence-electron chi connectivity index (χ4n) is 3.78. The number of aromatic nitrogens is 3. The van der Waals surface area contributed by atoms with E-state index in [2.05, 4.69) is 14.8 Å². The van der Waals surface area contributed by atoms with Crippen LogP contribution in [0.5, 0.6) is 11.5 Å². The first-order valence-corrected chi connectivity index (χ1v) is 11.8. The number of ether oxygens (including phenoxy) is 2. The predicted molar refractivity (Wildman–Crippen MR) is 123 cm³/mol. The number of aliphatic hydroxyl groups excluding tert-OH is 1. The van der Waals surface area contributed by atoms with Crippen molar-refractivity contribution in [3.63, 3.8) is 0 Å². The van der Waals surface area contributed by atoms with Gasteiger partial charge in [-0.3, -0.25) is 4.57 Å². The van der Waals surface area contributed by atoms with Crippen LogP contribution in [-0.2, 0) is 0 Å². The molecule has 2 aromatic carbocycles. The fraction of sp³-hybridized carbons (Fsp3) is 0.391. The average molecular weight is 460 g/mol. The Morgan fingerprint density at radius 3 is 2.52 bits per heavy atom. The molecule has 3 aromatic rings. The van der Waals surface area contributed by atoms with Crippen molar-refractivity contribution in [2.75, 3.05) is 19.5 Å². The predicted octanol–water partition coefficient (Wildman–Crippen LogP) is 5.25. The molecule has 1 aliphatic rings. The molecule has 8 heteroatoms.